The topological polar surface area (TPSA) is 54.9 Å². The number of aromatic nitrogens is 2. The van der Waals surface area contributed by atoms with E-state index in [-0.39, 0.29) is 5.91 Å². The molecule has 20 heavy (non-hydrogen) atoms. The van der Waals surface area contributed by atoms with Gasteiger partial charge in [-0.1, -0.05) is 13.3 Å². The fraction of sp³-hybridized carbons (Fsp3) is 0.400. The van der Waals surface area contributed by atoms with Gasteiger partial charge in [-0.05, 0) is 44.9 Å². The molecule has 0 radical (unpaired) electrons. The molecule has 5 heteroatoms. The molecule has 0 atom stereocenters. The van der Waals surface area contributed by atoms with Crippen LogP contribution in [-0.4, -0.2) is 15.9 Å². The molecule has 0 unspecified atom stereocenters. The van der Waals surface area contributed by atoms with Crippen molar-refractivity contribution >= 4 is 23.2 Å². The summed E-state index contributed by atoms with van der Waals surface area (Å²) in [6, 6.07) is 3.85. The first-order valence-corrected chi connectivity index (χ1v) is 7.54. The Morgan fingerprint density at radius 1 is 1.20 bits per heavy atom. The van der Waals surface area contributed by atoms with E-state index in [1.54, 1.807) is 0 Å². The van der Waals surface area contributed by atoms with Gasteiger partial charge in [0.05, 0.1) is 4.88 Å². The summed E-state index contributed by atoms with van der Waals surface area (Å²) in [5, 5.41) is 2.77. The van der Waals surface area contributed by atoms with E-state index in [4.69, 9.17) is 0 Å². The summed E-state index contributed by atoms with van der Waals surface area (Å²) in [5.41, 5.74) is 2.95. The first kappa shape index (κ1) is 14.7. The van der Waals surface area contributed by atoms with Gasteiger partial charge >= 0.3 is 0 Å². The third-order valence-corrected chi connectivity index (χ3v) is 4.06. The molecule has 0 spiro atoms. The van der Waals surface area contributed by atoms with Gasteiger partial charge in [-0.2, -0.15) is 0 Å². The third kappa shape index (κ3) is 3.42. The van der Waals surface area contributed by atoms with Crippen molar-refractivity contribution < 1.29 is 4.79 Å². The van der Waals surface area contributed by atoms with Gasteiger partial charge in [0.2, 0.25) is 5.95 Å². The number of carbonyl (C=O) groups is 1. The monoisotopic (exact) mass is 289 g/mol. The van der Waals surface area contributed by atoms with Crippen molar-refractivity contribution in [2.75, 3.05) is 5.32 Å². The zero-order valence-electron chi connectivity index (χ0n) is 12.3. The number of nitrogens with zero attached hydrogens (tertiary/aromatic N) is 2. The van der Waals surface area contributed by atoms with E-state index in [0.29, 0.717) is 10.8 Å². The van der Waals surface area contributed by atoms with Gasteiger partial charge in [0.25, 0.3) is 5.91 Å². The van der Waals surface area contributed by atoms with Crippen molar-refractivity contribution in [1.29, 1.82) is 0 Å². The predicted octanol–water partition coefficient (Wildman–Crippen LogP) is 3.67. The van der Waals surface area contributed by atoms with Crippen molar-refractivity contribution in [2.24, 2.45) is 0 Å². The zero-order chi connectivity index (χ0) is 14.7. The number of hydrogen-bond acceptors (Lipinski definition) is 4. The molecule has 2 heterocycles. The maximum atomic E-state index is 12.2. The molecule has 0 aliphatic rings. The lowest BCUT2D eigenvalue weighted by molar-refractivity contribution is 0.102. The largest absolute Gasteiger partial charge is 0.290 e. The highest BCUT2D eigenvalue weighted by Gasteiger charge is 2.13. The fourth-order valence-corrected chi connectivity index (χ4v) is 3.06. The fourth-order valence-electron chi connectivity index (χ4n) is 2.09. The average molecular weight is 289 g/mol. The summed E-state index contributed by atoms with van der Waals surface area (Å²) in [6.07, 6.45) is 2.09. The smallest absolute Gasteiger partial charge is 0.268 e. The molecule has 106 valence electrons. The van der Waals surface area contributed by atoms with Crippen molar-refractivity contribution in [2.45, 2.75) is 40.5 Å². The molecule has 2 rings (SSSR count). The van der Waals surface area contributed by atoms with E-state index < -0.39 is 0 Å². The van der Waals surface area contributed by atoms with E-state index in [9.17, 15) is 4.79 Å². The molecule has 0 bridgehead atoms. The van der Waals surface area contributed by atoms with Gasteiger partial charge in [-0.25, -0.2) is 9.97 Å². The Morgan fingerprint density at radius 3 is 2.45 bits per heavy atom. The molecule has 0 aliphatic carbocycles. The molecule has 0 saturated heterocycles. The van der Waals surface area contributed by atoms with Crippen molar-refractivity contribution in [3.8, 4) is 0 Å². The number of thiophene rings is 1. The minimum Gasteiger partial charge on any atom is -0.290 e. The van der Waals surface area contributed by atoms with Crippen LogP contribution >= 0.6 is 11.3 Å². The van der Waals surface area contributed by atoms with Gasteiger partial charge in [0, 0.05) is 16.3 Å². The molecular weight excluding hydrogens is 270 g/mol. The lowest BCUT2D eigenvalue weighted by atomic mass is 10.1. The summed E-state index contributed by atoms with van der Waals surface area (Å²) in [7, 11) is 0. The second kappa shape index (κ2) is 6.13. The summed E-state index contributed by atoms with van der Waals surface area (Å²) < 4.78 is 0. The third-order valence-electron chi connectivity index (χ3n) is 2.97. The van der Waals surface area contributed by atoms with Crippen LogP contribution in [0, 0.1) is 20.8 Å². The lowest BCUT2D eigenvalue weighted by Crippen LogP contribution is -2.13. The molecule has 1 N–H and O–H groups in total. The van der Waals surface area contributed by atoms with Crippen LogP contribution < -0.4 is 5.32 Å². The molecule has 4 nitrogen and oxygen atoms in total. The van der Waals surface area contributed by atoms with Crippen LogP contribution in [0.4, 0.5) is 5.95 Å². The van der Waals surface area contributed by atoms with Crippen molar-refractivity contribution in [3.05, 3.63) is 38.8 Å². The first-order chi connectivity index (χ1) is 9.49. The van der Waals surface area contributed by atoms with E-state index in [2.05, 4.69) is 29.1 Å². The van der Waals surface area contributed by atoms with Crippen molar-refractivity contribution in [3.63, 3.8) is 0 Å². The number of hydrogen-bond donors (Lipinski definition) is 1. The number of nitrogens with one attached hydrogen (secondary N) is 1. The highest BCUT2D eigenvalue weighted by Crippen LogP contribution is 2.23. The number of aryl methyl sites for hydroxylation is 4. The number of anilines is 1. The van der Waals surface area contributed by atoms with Crippen LogP contribution in [-0.2, 0) is 6.42 Å². The van der Waals surface area contributed by atoms with E-state index in [0.717, 1.165) is 24.2 Å². The lowest BCUT2D eigenvalue weighted by Gasteiger charge is -2.03. The second-order valence-corrected chi connectivity index (χ2v) is 6.13. The SMILES string of the molecule is CCCc1cc(C(=O)Nc2nc(C)cc(C)n2)sc1C. The number of amides is 1. The molecule has 0 aromatic carbocycles. The molecule has 0 aliphatic heterocycles. The van der Waals surface area contributed by atoms with E-state index in [1.807, 2.05) is 26.0 Å². The summed E-state index contributed by atoms with van der Waals surface area (Å²) in [6.45, 7) is 7.97. The molecule has 0 fully saturated rings. The first-order valence-electron chi connectivity index (χ1n) is 6.72. The summed E-state index contributed by atoms with van der Waals surface area (Å²) >= 11 is 1.52. The maximum Gasteiger partial charge on any atom is 0.268 e. The van der Waals surface area contributed by atoms with Crippen LogP contribution in [0.1, 0.15) is 44.8 Å². The molecule has 1 amide bonds. The molecule has 2 aromatic heterocycles. The summed E-state index contributed by atoms with van der Waals surface area (Å²) in [5.74, 6) is 0.237. The molecular formula is C15H19N3OS. The van der Waals surface area contributed by atoms with Crippen LogP contribution in [0.5, 0.6) is 0 Å². The second-order valence-electron chi connectivity index (χ2n) is 4.87. The maximum absolute atomic E-state index is 12.2. The number of carbonyl (C=O) groups excluding carboxylic acids is 1. The predicted molar refractivity (Wildman–Crippen MR) is 82.5 cm³/mol. The van der Waals surface area contributed by atoms with E-state index in [1.165, 1.54) is 21.8 Å². The van der Waals surface area contributed by atoms with Gasteiger partial charge < -0.3 is 0 Å². The average Bonchev–Trinajstić information content (AvgIpc) is 2.70. The number of rotatable bonds is 4. The Kier molecular flexibility index (Phi) is 4.49. The minimum atomic E-state index is -0.134. The standard InChI is InChI=1S/C15H19N3OS/c1-5-6-12-8-13(20-11(12)4)14(19)18-15-16-9(2)7-10(3)17-15/h7-8H,5-6H2,1-4H3,(H,16,17,18,19). The quantitative estimate of drug-likeness (QED) is 0.934. The molecule has 0 saturated carbocycles. The van der Waals surface area contributed by atoms with E-state index >= 15 is 0 Å². The van der Waals surface area contributed by atoms with Gasteiger partial charge in [0.1, 0.15) is 0 Å². The van der Waals surface area contributed by atoms with Crippen LogP contribution in [0.2, 0.25) is 0 Å². The van der Waals surface area contributed by atoms with Crippen molar-refractivity contribution in [1.82, 2.24) is 9.97 Å². The Morgan fingerprint density at radius 2 is 1.85 bits per heavy atom. The highest BCUT2D eigenvalue weighted by atomic mass is 32.1. The zero-order valence-corrected chi connectivity index (χ0v) is 13.1. The Hall–Kier alpha value is -1.75. The van der Waals surface area contributed by atoms with Gasteiger partial charge in [-0.3, -0.25) is 10.1 Å². The summed E-state index contributed by atoms with van der Waals surface area (Å²) in [4.78, 5) is 22.6. The molecule has 2 aromatic rings. The highest BCUT2D eigenvalue weighted by molar-refractivity contribution is 7.14. The Balaban J connectivity index is 2.17. The normalized spacial score (nSPS) is 10.6. The van der Waals surface area contributed by atoms with Crippen LogP contribution in [0.3, 0.4) is 0 Å². The van der Waals surface area contributed by atoms with Gasteiger partial charge in [-0.15, -0.1) is 11.3 Å². The van der Waals surface area contributed by atoms with Crippen LogP contribution in [0.25, 0.3) is 0 Å². The Labute approximate surface area is 123 Å². The van der Waals surface area contributed by atoms with Gasteiger partial charge in [0.15, 0.2) is 0 Å². The van der Waals surface area contributed by atoms with Crippen LogP contribution in [0.15, 0.2) is 12.1 Å². The minimum absolute atomic E-state index is 0.134. The Bertz CT molecular complexity index is 614.